The molecule has 0 aromatic heterocycles. The minimum Gasteiger partial charge on any atom is -0.462 e. The van der Waals surface area contributed by atoms with Gasteiger partial charge in [-0.25, -0.2) is 0 Å². The number of hydrogen-bond acceptors (Lipinski definition) is 5. The molecule has 0 spiro atoms. The summed E-state index contributed by atoms with van der Waals surface area (Å²) in [5.41, 5.74) is 0. The van der Waals surface area contributed by atoms with Gasteiger partial charge < -0.3 is 14.6 Å². The minimum atomic E-state index is -0.769. The molecule has 0 aliphatic carbocycles. The summed E-state index contributed by atoms with van der Waals surface area (Å²) in [5.74, 6) is -0.576. The number of carbonyl (C=O) groups excluding carboxylic acids is 2. The van der Waals surface area contributed by atoms with Crippen molar-refractivity contribution >= 4 is 11.9 Å². The Morgan fingerprint density at radius 3 is 0.900 bits per heavy atom. The standard InChI is InChI=1S/C55H106O5/c1-3-5-7-9-11-13-15-17-19-21-22-23-24-25-26-27-28-29-30-31-32-34-35-37-39-41-43-45-47-49-54(57)59-52-53(51-56)60-55(58)50-48-46-44-42-40-38-36-33-20-18-16-14-12-10-8-6-4-2/h18,20,53,56H,3-17,19,21-52H2,1-2H3/b20-18-. The fourth-order valence-corrected chi connectivity index (χ4v) is 8.44. The molecule has 0 amide bonds. The Hall–Kier alpha value is -1.36. The van der Waals surface area contributed by atoms with Gasteiger partial charge in [-0.3, -0.25) is 9.59 Å². The largest absolute Gasteiger partial charge is 0.462 e. The highest BCUT2D eigenvalue weighted by atomic mass is 16.6. The van der Waals surface area contributed by atoms with E-state index in [1.807, 2.05) is 0 Å². The number of rotatable bonds is 51. The van der Waals surface area contributed by atoms with Crippen LogP contribution in [0.3, 0.4) is 0 Å². The van der Waals surface area contributed by atoms with Crippen LogP contribution in [0.5, 0.6) is 0 Å². The van der Waals surface area contributed by atoms with Crippen LogP contribution < -0.4 is 0 Å². The summed E-state index contributed by atoms with van der Waals surface area (Å²) in [6.45, 7) is 4.18. The molecule has 0 saturated heterocycles. The maximum absolute atomic E-state index is 12.2. The normalized spacial score (nSPS) is 12.1. The molecule has 0 heterocycles. The lowest BCUT2D eigenvalue weighted by Crippen LogP contribution is -2.28. The summed E-state index contributed by atoms with van der Waals surface area (Å²) in [5, 5.41) is 9.62. The van der Waals surface area contributed by atoms with E-state index >= 15 is 0 Å². The van der Waals surface area contributed by atoms with Gasteiger partial charge in [0.1, 0.15) is 6.61 Å². The molecule has 0 aromatic carbocycles. The van der Waals surface area contributed by atoms with E-state index in [-0.39, 0.29) is 25.2 Å². The van der Waals surface area contributed by atoms with Crippen molar-refractivity contribution in [3.05, 3.63) is 12.2 Å². The second-order valence-corrected chi connectivity index (χ2v) is 18.7. The molecule has 5 heteroatoms. The summed E-state index contributed by atoms with van der Waals surface area (Å²) < 4.78 is 10.7. The molecule has 0 aromatic rings. The Labute approximate surface area is 375 Å². The van der Waals surface area contributed by atoms with Crippen molar-refractivity contribution in [2.24, 2.45) is 0 Å². The minimum absolute atomic E-state index is 0.0606. The third kappa shape index (κ3) is 49.3. The molecule has 1 atom stereocenters. The molecule has 0 fully saturated rings. The number of esters is 2. The van der Waals surface area contributed by atoms with Gasteiger partial charge in [-0.2, -0.15) is 0 Å². The van der Waals surface area contributed by atoms with Gasteiger partial charge in [-0.15, -0.1) is 0 Å². The summed E-state index contributed by atoms with van der Waals surface area (Å²) >= 11 is 0. The van der Waals surface area contributed by atoms with Crippen molar-refractivity contribution in [3.63, 3.8) is 0 Å². The molecule has 5 nitrogen and oxygen atoms in total. The van der Waals surface area contributed by atoms with Crippen LogP contribution in [0.1, 0.15) is 309 Å². The number of aliphatic hydroxyl groups excluding tert-OH is 1. The van der Waals surface area contributed by atoms with E-state index < -0.39 is 6.10 Å². The third-order valence-corrected chi connectivity index (χ3v) is 12.6. The van der Waals surface area contributed by atoms with Gasteiger partial charge >= 0.3 is 11.9 Å². The van der Waals surface area contributed by atoms with Crippen LogP contribution in [0.4, 0.5) is 0 Å². The maximum Gasteiger partial charge on any atom is 0.306 e. The number of carbonyl (C=O) groups is 2. The predicted molar refractivity (Wildman–Crippen MR) is 261 cm³/mol. The van der Waals surface area contributed by atoms with Gasteiger partial charge in [0.05, 0.1) is 6.61 Å². The van der Waals surface area contributed by atoms with Crippen molar-refractivity contribution in [2.75, 3.05) is 13.2 Å². The fourth-order valence-electron chi connectivity index (χ4n) is 8.44. The molecule has 1 N–H and O–H groups in total. The lowest BCUT2D eigenvalue weighted by molar-refractivity contribution is -0.161. The van der Waals surface area contributed by atoms with Crippen LogP contribution >= 0.6 is 0 Å². The lowest BCUT2D eigenvalue weighted by Gasteiger charge is -2.15. The predicted octanol–water partition coefficient (Wildman–Crippen LogP) is 18.0. The molecular formula is C55H106O5. The number of hydrogen-bond donors (Lipinski definition) is 1. The van der Waals surface area contributed by atoms with Crippen molar-refractivity contribution in [3.8, 4) is 0 Å². The molecule has 0 aliphatic heterocycles. The lowest BCUT2D eigenvalue weighted by atomic mass is 10.0. The van der Waals surface area contributed by atoms with E-state index in [9.17, 15) is 14.7 Å². The van der Waals surface area contributed by atoms with E-state index in [1.165, 1.54) is 250 Å². The number of allylic oxidation sites excluding steroid dienone is 2. The average Bonchev–Trinajstić information content (AvgIpc) is 3.25. The molecule has 60 heavy (non-hydrogen) atoms. The van der Waals surface area contributed by atoms with Gasteiger partial charge in [0.25, 0.3) is 0 Å². The number of unbranched alkanes of at least 4 members (excludes halogenated alkanes) is 41. The molecule has 0 radical (unpaired) electrons. The van der Waals surface area contributed by atoms with Gasteiger partial charge in [0.2, 0.25) is 0 Å². The highest BCUT2D eigenvalue weighted by molar-refractivity contribution is 5.70. The second-order valence-electron chi connectivity index (χ2n) is 18.7. The van der Waals surface area contributed by atoms with Gasteiger partial charge in [0, 0.05) is 12.8 Å². The zero-order valence-electron chi connectivity index (χ0n) is 40.8. The Morgan fingerprint density at radius 1 is 0.367 bits per heavy atom. The smallest absolute Gasteiger partial charge is 0.306 e. The Morgan fingerprint density at radius 2 is 0.617 bits per heavy atom. The quantitative estimate of drug-likeness (QED) is 0.0375. The molecule has 0 saturated carbocycles. The molecule has 356 valence electrons. The van der Waals surface area contributed by atoms with Crippen LogP contribution in [0, 0.1) is 0 Å². The van der Waals surface area contributed by atoms with Crippen LogP contribution in [0.25, 0.3) is 0 Å². The fraction of sp³-hybridized carbons (Fsp3) is 0.927. The molecule has 1 unspecified atom stereocenters. The Balaban J connectivity index is 3.40. The third-order valence-electron chi connectivity index (χ3n) is 12.6. The van der Waals surface area contributed by atoms with Crippen LogP contribution in [-0.2, 0) is 19.1 Å². The summed E-state index contributed by atoms with van der Waals surface area (Å²) in [6.07, 6.45) is 63.3. The van der Waals surface area contributed by atoms with Gasteiger partial charge in [-0.1, -0.05) is 270 Å². The molecule has 0 aliphatic rings. The summed E-state index contributed by atoms with van der Waals surface area (Å²) in [6, 6.07) is 0. The number of ether oxygens (including phenoxy) is 2. The zero-order valence-corrected chi connectivity index (χ0v) is 40.8. The van der Waals surface area contributed by atoms with Crippen molar-refractivity contribution < 1.29 is 24.2 Å². The zero-order chi connectivity index (χ0) is 43.5. The van der Waals surface area contributed by atoms with Crippen LogP contribution in [-0.4, -0.2) is 36.4 Å². The SMILES string of the molecule is CCCCCCCC/C=C\CCCCCCCCCC(=O)OC(CO)COC(=O)CCCCCCCCCCCCCCCCCCCCCCCCCCCCCCC. The highest BCUT2D eigenvalue weighted by Crippen LogP contribution is 2.17. The maximum atomic E-state index is 12.2. The van der Waals surface area contributed by atoms with Crippen molar-refractivity contribution in [2.45, 2.75) is 315 Å². The van der Waals surface area contributed by atoms with E-state index in [0.29, 0.717) is 12.8 Å². The van der Waals surface area contributed by atoms with E-state index in [2.05, 4.69) is 26.0 Å². The first-order valence-corrected chi connectivity index (χ1v) is 27.2. The summed E-state index contributed by atoms with van der Waals surface area (Å²) in [7, 11) is 0. The van der Waals surface area contributed by atoms with E-state index in [1.54, 1.807) is 0 Å². The first-order chi connectivity index (χ1) is 29.6. The van der Waals surface area contributed by atoms with Crippen molar-refractivity contribution in [1.82, 2.24) is 0 Å². The Kier molecular flexibility index (Phi) is 50.8. The highest BCUT2D eigenvalue weighted by Gasteiger charge is 2.16. The van der Waals surface area contributed by atoms with E-state index in [0.717, 1.165) is 32.1 Å². The number of aliphatic hydroxyl groups is 1. The van der Waals surface area contributed by atoms with Crippen molar-refractivity contribution in [1.29, 1.82) is 0 Å². The molecule has 0 rings (SSSR count). The first kappa shape index (κ1) is 58.6. The Bertz CT molecular complexity index is 871. The monoisotopic (exact) mass is 847 g/mol. The van der Waals surface area contributed by atoms with Gasteiger partial charge in [0.15, 0.2) is 6.10 Å². The summed E-state index contributed by atoms with van der Waals surface area (Å²) in [4.78, 5) is 24.4. The van der Waals surface area contributed by atoms with E-state index in [4.69, 9.17) is 9.47 Å². The molecular weight excluding hydrogens is 741 g/mol. The first-order valence-electron chi connectivity index (χ1n) is 27.2. The van der Waals surface area contributed by atoms with Gasteiger partial charge in [-0.05, 0) is 38.5 Å². The van der Waals surface area contributed by atoms with Crippen LogP contribution in [0.15, 0.2) is 12.2 Å². The average molecular weight is 847 g/mol. The second kappa shape index (κ2) is 52.0. The van der Waals surface area contributed by atoms with Crippen LogP contribution in [0.2, 0.25) is 0 Å². The topological polar surface area (TPSA) is 72.8 Å². The molecule has 0 bridgehead atoms.